The Labute approximate surface area is 157 Å². The molecule has 2 nitrogen and oxygen atoms in total. The van der Waals surface area contributed by atoms with Crippen molar-refractivity contribution in [1.29, 1.82) is 0 Å². The standard InChI is InChI=1S/C15H10N2.C7H16.C2H6/c1-2-6-13-11(5-1)12-8-7-10-4-3-9-16-14(10)15(12)17-13;1-5-7(4)6(2)3;1-2/h1-9,17H;6-7H,5H2,1-4H3;1-2H3. The molecule has 4 aromatic rings. The zero-order chi connectivity index (χ0) is 19.1. The van der Waals surface area contributed by atoms with Gasteiger partial charge in [-0.15, -0.1) is 0 Å². The number of nitrogens with one attached hydrogen (secondary N) is 1. The largest absolute Gasteiger partial charge is 0.353 e. The summed E-state index contributed by atoms with van der Waals surface area (Å²) in [6.45, 7) is 13.1. The summed E-state index contributed by atoms with van der Waals surface area (Å²) in [4.78, 5) is 7.93. The molecular weight excluding hydrogens is 316 g/mol. The van der Waals surface area contributed by atoms with Crippen LogP contribution in [-0.4, -0.2) is 9.97 Å². The van der Waals surface area contributed by atoms with Crippen LogP contribution in [0.1, 0.15) is 48.0 Å². The third-order valence-corrected chi connectivity index (χ3v) is 5.03. The van der Waals surface area contributed by atoms with E-state index in [4.69, 9.17) is 0 Å². The summed E-state index contributed by atoms with van der Waals surface area (Å²) in [6.07, 6.45) is 3.16. The lowest BCUT2D eigenvalue weighted by molar-refractivity contribution is 0.407. The lowest BCUT2D eigenvalue weighted by atomic mass is 9.96. The van der Waals surface area contributed by atoms with Gasteiger partial charge in [0.2, 0.25) is 0 Å². The second-order valence-electron chi connectivity index (χ2n) is 6.86. The molecule has 2 aromatic heterocycles. The molecule has 0 saturated carbocycles. The van der Waals surface area contributed by atoms with Gasteiger partial charge in [0.25, 0.3) is 0 Å². The molecule has 2 aromatic carbocycles. The Morgan fingerprint density at radius 1 is 0.885 bits per heavy atom. The van der Waals surface area contributed by atoms with Crippen molar-refractivity contribution in [3.8, 4) is 0 Å². The van der Waals surface area contributed by atoms with E-state index in [1.54, 1.807) is 0 Å². The number of pyridine rings is 1. The molecule has 1 atom stereocenters. The van der Waals surface area contributed by atoms with Gasteiger partial charge in [-0.3, -0.25) is 4.98 Å². The maximum atomic E-state index is 4.47. The van der Waals surface area contributed by atoms with Crippen molar-refractivity contribution in [3.63, 3.8) is 0 Å². The number of fused-ring (bicyclic) bond motifs is 5. The summed E-state index contributed by atoms with van der Waals surface area (Å²) < 4.78 is 0. The van der Waals surface area contributed by atoms with Crippen LogP contribution in [0, 0.1) is 11.8 Å². The summed E-state index contributed by atoms with van der Waals surface area (Å²) in [6, 6.07) is 16.7. The van der Waals surface area contributed by atoms with E-state index in [2.05, 4.69) is 74.1 Å². The van der Waals surface area contributed by atoms with Crippen LogP contribution >= 0.6 is 0 Å². The van der Waals surface area contributed by atoms with Crippen LogP contribution in [0.2, 0.25) is 0 Å². The summed E-state index contributed by atoms with van der Waals surface area (Å²) in [5.41, 5.74) is 3.34. The third kappa shape index (κ3) is 4.24. The fourth-order valence-electron chi connectivity index (χ4n) is 2.93. The zero-order valence-electron chi connectivity index (χ0n) is 17.0. The van der Waals surface area contributed by atoms with Gasteiger partial charge in [0, 0.05) is 27.9 Å². The van der Waals surface area contributed by atoms with E-state index < -0.39 is 0 Å². The molecule has 0 aliphatic rings. The highest BCUT2D eigenvalue weighted by Crippen LogP contribution is 2.29. The van der Waals surface area contributed by atoms with Crippen LogP contribution in [0.5, 0.6) is 0 Å². The Balaban J connectivity index is 0.000000232. The molecule has 0 aliphatic heterocycles. The lowest BCUT2D eigenvalue weighted by Crippen LogP contribution is -2.00. The molecule has 0 fully saturated rings. The van der Waals surface area contributed by atoms with Crippen LogP contribution in [0.25, 0.3) is 32.7 Å². The minimum Gasteiger partial charge on any atom is -0.353 e. The molecule has 26 heavy (non-hydrogen) atoms. The molecule has 0 spiro atoms. The maximum Gasteiger partial charge on any atom is 0.0943 e. The Hall–Kier alpha value is -2.35. The summed E-state index contributed by atoms with van der Waals surface area (Å²) in [5, 5.41) is 3.67. The first-order valence-electron chi connectivity index (χ1n) is 9.86. The average molecular weight is 349 g/mol. The lowest BCUT2D eigenvalue weighted by Gasteiger charge is -2.10. The topological polar surface area (TPSA) is 28.7 Å². The van der Waals surface area contributed by atoms with Crippen LogP contribution < -0.4 is 0 Å². The van der Waals surface area contributed by atoms with Gasteiger partial charge in [-0.2, -0.15) is 0 Å². The molecule has 0 bridgehead atoms. The number of aromatic nitrogens is 2. The van der Waals surface area contributed by atoms with Crippen molar-refractivity contribution in [2.24, 2.45) is 11.8 Å². The Bertz CT molecular complexity index is 950. The third-order valence-electron chi connectivity index (χ3n) is 5.03. The molecule has 2 heteroatoms. The Kier molecular flexibility index (Phi) is 7.20. The number of para-hydroxylation sites is 1. The second kappa shape index (κ2) is 9.38. The predicted octanol–water partition coefficient (Wildman–Crippen LogP) is 7.58. The van der Waals surface area contributed by atoms with E-state index in [-0.39, 0.29) is 0 Å². The second-order valence-corrected chi connectivity index (χ2v) is 6.86. The van der Waals surface area contributed by atoms with Gasteiger partial charge in [-0.1, -0.05) is 84.4 Å². The fraction of sp³-hybridized carbons (Fsp3) is 0.375. The van der Waals surface area contributed by atoms with E-state index in [0.717, 1.165) is 22.9 Å². The van der Waals surface area contributed by atoms with Gasteiger partial charge in [-0.25, -0.2) is 0 Å². The molecule has 0 amide bonds. The molecule has 0 aliphatic carbocycles. The van der Waals surface area contributed by atoms with Gasteiger partial charge in [-0.05, 0) is 24.0 Å². The first kappa shape index (κ1) is 20.0. The Morgan fingerprint density at radius 2 is 1.62 bits per heavy atom. The van der Waals surface area contributed by atoms with E-state index in [0.29, 0.717) is 0 Å². The van der Waals surface area contributed by atoms with Crippen LogP contribution in [0.3, 0.4) is 0 Å². The Morgan fingerprint density at radius 3 is 2.27 bits per heavy atom. The highest BCUT2D eigenvalue weighted by atomic mass is 14.8. The molecule has 4 rings (SSSR count). The van der Waals surface area contributed by atoms with E-state index in [1.165, 1.54) is 28.1 Å². The SMILES string of the molecule is CC.CCC(C)C(C)C.c1cnc2c(c1)ccc1c3ccccc3[nH]c12. The number of aromatic amines is 1. The first-order chi connectivity index (χ1) is 12.6. The van der Waals surface area contributed by atoms with Gasteiger partial charge < -0.3 is 4.98 Å². The van der Waals surface area contributed by atoms with E-state index in [1.807, 2.05) is 32.2 Å². The van der Waals surface area contributed by atoms with Gasteiger partial charge in [0.05, 0.1) is 11.0 Å². The quantitative estimate of drug-likeness (QED) is 0.397. The number of H-pyrrole nitrogens is 1. The molecule has 1 N–H and O–H groups in total. The number of benzene rings is 2. The molecule has 138 valence electrons. The summed E-state index contributed by atoms with van der Waals surface area (Å²) >= 11 is 0. The summed E-state index contributed by atoms with van der Waals surface area (Å²) in [5.74, 6) is 1.77. The minimum atomic E-state index is 0.866. The molecular formula is C24H32N2. The first-order valence-corrected chi connectivity index (χ1v) is 9.86. The normalized spacial score (nSPS) is 11.8. The van der Waals surface area contributed by atoms with Crippen LogP contribution in [0.15, 0.2) is 54.7 Å². The molecule has 0 saturated heterocycles. The minimum absolute atomic E-state index is 0.866. The molecule has 2 heterocycles. The van der Waals surface area contributed by atoms with Crippen LogP contribution in [0.4, 0.5) is 0 Å². The van der Waals surface area contributed by atoms with Crippen molar-refractivity contribution >= 4 is 32.7 Å². The maximum absolute atomic E-state index is 4.47. The van der Waals surface area contributed by atoms with Crippen LogP contribution in [-0.2, 0) is 0 Å². The fourth-order valence-corrected chi connectivity index (χ4v) is 2.93. The van der Waals surface area contributed by atoms with Gasteiger partial charge in [0.1, 0.15) is 0 Å². The number of nitrogens with zero attached hydrogens (tertiary/aromatic N) is 1. The van der Waals surface area contributed by atoms with Crippen molar-refractivity contribution in [3.05, 3.63) is 54.7 Å². The number of rotatable bonds is 2. The van der Waals surface area contributed by atoms with Crippen molar-refractivity contribution in [2.75, 3.05) is 0 Å². The molecule has 1 unspecified atom stereocenters. The highest BCUT2D eigenvalue weighted by molar-refractivity contribution is 6.15. The predicted molar refractivity (Wildman–Crippen MR) is 117 cm³/mol. The van der Waals surface area contributed by atoms with E-state index in [9.17, 15) is 0 Å². The van der Waals surface area contributed by atoms with E-state index >= 15 is 0 Å². The zero-order valence-corrected chi connectivity index (χ0v) is 17.0. The molecule has 0 radical (unpaired) electrons. The monoisotopic (exact) mass is 348 g/mol. The van der Waals surface area contributed by atoms with Crippen molar-refractivity contribution in [2.45, 2.75) is 48.0 Å². The van der Waals surface area contributed by atoms with Gasteiger partial charge >= 0.3 is 0 Å². The van der Waals surface area contributed by atoms with Crippen molar-refractivity contribution in [1.82, 2.24) is 9.97 Å². The number of hydrogen-bond acceptors (Lipinski definition) is 1. The average Bonchev–Trinajstić information content (AvgIpc) is 3.08. The van der Waals surface area contributed by atoms with Crippen molar-refractivity contribution < 1.29 is 0 Å². The smallest absolute Gasteiger partial charge is 0.0943 e. The van der Waals surface area contributed by atoms with Gasteiger partial charge in [0.15, 0.2) is 0 Å². The summed E-state index contributed by atoms with van der Waals surface area (Å²) in [7, 11) is 0. The highest BCUT2D eigenvalue weighted by Gasteiger charge is 2.07. The number of hydrogen-bond donors (Lipinski definition) is 1.